The summed E-state index contributed by atoms with van der Waals surface area (Å²) < 4.78 is 4.05. The van der Waals surface area contributed by atoms with Crippen LogP contribution in [0.1, 0.15) is 6.42 Å². The zero-order chi connectivity index (χ0) is 5.54. The molecule has 0 spiro atoms. The fraction of sp³-hybridized carbons (Fsp3) is 0.200. The topological polar surface area (TPSA) is 26.3 Å². The maximum absolute atomic E-state index is 9.26. The van der Waals surface area contributed by atoms with Gasteiger partial charge in [-0.05, 0) is 19.4 Å². The third-order valence-corrected chi connectivity index (χ3v) is 0.379. The molecule has 0 bridgehead atoms. The van der Waals surface area contributed by atoms with Gasteiger partial charge in [-0.2, -0.15) is 0 Å². The number of ether oxygens (including phenoxy) is 1. The number of hydrogen-bond acceptors (Lipinski definition) is 2. The Morgan fingerprint density at radius 1 is 1.86 bits per heavy atom. The average Bonchev–Trinajstić information content (AvgIpc) is 1.69. The first-order valence-electron chi connectivity index (χ1n) is 1.89. The highest BCUT2D eigenvalue weighted by atomic mass is 16.5. The fourth-order valence-electron chi connectivity index (χ4n) is 0.144. The Morgan fingerprint density at radius 2 is 2.57 bits per heavy atom. The van der Waals surface area contributed by atoms with Crippen molar-refractivity contribution in [1.82, 2.24) is 0 Å². The zero-order valence-corrected chi connectivity index (χ0v) is 3.89. The second-order valence-corrected chi connectivity index (χ2v) is 0.862. The lowest BCUT2D eigenvalue weighted by Crippen LogP contribution is -1.70. The van der Waals surface area contributed by atoms with Gasteiger partial charge in [0.1, 0.15) is 0 Å². The third kappa shape index (κ3) is 5.21. The summed E-state index contributed by atoms with van der Waals surface area (Å²) in [6.07, 6.45) is 3.49. The Balaban J connectivity index is 2.92. The Hall–Kier alpha value is -0.790. The molecule has 0 saturated carbocycles. The molecule has 0 rings (SSSR count). The van der Waals surface area contributed by atoms with E-state index in [1.807, 2.05) is 0 Å². The lowest BCUT2D eigenvalue weighted by molar-refractivity contribution is 0.397. The maximum atomic E-state index is 9.26. The Kier molecular flexibility index (Phi) is 4.62. The normalized spacial score (nSPS) is 9.29. The minimum Gasteiger partial charge on any atom is -0.426 e. The number of carbonyl (C=O) groups excluding carboxylic acids is 1. The molecule has 0 aromatic carbocycles. The first-order chi connectivity index (χ1) is 3.41. The van der Waals surface area contributed by atoms with Gasteiger partial charge >= 0.3 is 6.47 Å². The molecule has 38 valence electrons. The van der Waals surface area contributed by atoms with Gasteiger partial charge in [0.25, 0.3) is 0 Å². The van der Waals surface area contributed by atoms with Crippen molar-refractivity contribution < 1.29 is 9.53 Å². The molecule has 2 radical (unpaired) electrons. The van der Waals surface area contributed by atoms with Crippen molar-refractivity contribution in [2.75, 3.05) is 0 Å². The minimum absolute atomic E-state index is 0.627. The molecule has 2 heteroatoms. The molecule has 0 aromatic rings. The van der Waals surface area contributed by atoms with E-state index in [1.54, 1.807) is 6.08 Å². The van der Waals surface area contributed by atoms with E-state index >= 15 is 0 Å². The van der Waals surface area contributed by atoms with Crippen LogP contribution in [0.5, 0.6) is 0 Å². The van der Waals surface area contributed by atoms with Gasteiger partial charge < -0.3 is 4.74 Å². The van der Waals surface area contributed by atoms with Crippen molar-refractivity contribution in [2.45, 2.75) is 6.42 Å². The van der Waals surface area contributed by atoms with Crippen LogP contribution in [-0.4, -0.2) is 6.47 Å². The molecule has 0 amide bonds. The molecule has 7 heavy (non-hydrogen) atoms. The summed E-state index contributed by atoms with van der Waals surface area (Å²) in [6, 6.07) is 0. The predicted molar refractivity (Wildman–Crippen MR) is 25.9 cm³/mol. The van der Waals surface area contributed by atoms with Gasteiger partial charge in [-0.1, -0.05) is 0 Å². The van der Waals surface area contributed by atoms with Gasteiger partial charge in [0.2, 0.25) is 0 Å². The van der Waals surface area contributed by atoms with E-state index in [9.17, 15) is 4.79 Å². The molecule has 0 heterocycles. The summed E-state index contributed by atoms with van der Waals surface area (Å²) in [7, 11) is 0. The van der Waals surface area contributed by atoms with Gasteiger partial charge in [0.15, 0.2) is 0 Å². The standard InChI is InChI=1S/C5H6O2/c1-2-3-4-7-5-6/h3-4H,1-2H2. The van der Waals surface area contributed by atoms with Gasteiger partial charge in [-0.25, -0.2) is 4.79 Å². The smallest absolute Gasteiger partial charge is 0.422 e. The van der Waals surface area contributed by atoms with E-state index in [-0.39, 0.29) is 0 Å². The van der Waals surface area contributed by atoms with Gasteiger partial charge in [-0.15, -0.1) is 0 Å². The van der Waals surface area contributed by atoms with Crippen LogP contribution in [0.3, 0.4) is 0 Å². The maximum Gasteiger partial charge on any atom is 0.422 e. The molecule has 0 atom stereocenters. The van der Waals surface area contributed by atoms with Crippen LogP contribution in [-0.2, 0) is 9.53 Å². The number of allylic oxidation sites excluding steroid dienone is 1. The van der Waals surface area contributed by atoms with Crippen molar-refractivity contribution in [2.24, 2.45) is 0 Å². The SMILES string of the molecule is [CH2]CC=CO[C]=O. The summed E-state index contributed by atoms with van der Waals surface area (Å²) in [5, 5.41) is 0. The lowest BCUT2D eigenvalue weighted by Gasteiger charge is -1.76. The van der Waals surface area contributed by atoms with Crippen LogP contribution < -0.4 is 0 Å². The average molecular weight is 98.1 g/mol. The van der Waals surface area contributed by atoms with Crippen LogP contribution in [0.2, 0.25) is 0 Å². The summed E-state index contributed by atoms with van der Waals surface area (Å²) in [5.41, 5.74) is 0. The van der Waals surface area contributed by atoms with E-state index in [4.69, 9.17) is 0 Å². The van der Waals surface area contributed by atoms with E-state index in [1.165, 1.54) is 12.7 Å². The highest BCUT2D eigenvalue weighted by molar-refractivity contribution is 5.39. The van der Waals surface area contributed by atoms with E-state index in [0.717, 1.165) is 0 Å². The van der Waals surface area contributed by atoms with Gasteiger partial charge in [0, 0.05) is 0 Å². The van der Waals surface area contributed by atoms with Gasteiger partial charge in [-0.3, -0.25) is 0 Å². The Bertz CT molecular complexity index is 66.5. The van der Waals surface area contributed by atoms with Crippen molar-refractivity contribution in [1.29, 1.82) is 0 Å². The molecule has 0 aromatic heterocycles. The molecule has 0 saturated heterocycles. The number of rotatable bonds is 3. The van der Waals surface area contributed by atoms with Gasteiger partial charge in [0.05, 0.1) is 6.26 Å². The quantitative estimate of drug-likeness (QED) is 0.488. The molecule has 0 unspecified atom stereocenters. The molecule has 0 aliphatic heterocycles. The third-order valence-electron chi connectivity index (χ3n) is 0.379. The summed E-state index contributed by atoms with van der Waals surface area (Å²) >= 11 is 0. The first-order valence-corrected chi connectivity index (χ1v) is 1.89. The van der Waals surface area contributed by atoms with E-state index < -0.39 is 0 Å². The predicted octanol–water partition coefficient (Wildman–Crippen LogP) is 0.808. The summed E-state index contributed by atoms with van der Waals surface area (Å²) in [6.45, 7) is 4.70. The monoisotopic (exact) mass is 98.0 g/mol. The second kappa shape index (κ2) is 5.21. The van der Waals surface area contributed by atoms with Crippen molar-refractivity contribution >= 4 is 6.47 Å². The van der Waals surface area contributed by atoms with E-state index in [0.29, 0.717) is 6.42 Å². The summed E-state index contributed by atoms with van der Waals surface area (Å²) in [5.74, 6) is 0. The molecular weight excluding hydrogens is 92.1 g/mol. The molecular formula is C5H6O2. The molecule has 0 fully saturated rings. The Labute approximate surface area is 42.8 Å². The van der Waals surface area contributed by atoms with Crippen LogP contribution in [0.4, 0.5) is 0 Å². The molecule has 0 aliphatic carbocycles. The van der Waals surface area contributed by atoms with Crippen LogP contribution in [0.25, 0.3) is 0 Å². The minimum atomic E-state index is 0.627. The molecule has 0 N–H and O–H groups in total. The van der Waals surface area contributed by atoms with Crippen molar-refractivity contribution in [3.05, 3.63) is 19.3 Å². The van der Waals surface area contributed by atoms with Crippen LogP contribution in [0, 0.1) is 6.92 Å². The highest BCUT2D eigenvalue weighted by Gasteiger charge is 1.66. The van der Waals surface area contributed by atoms with Crippen molar-refractivity contribution in [3.63, 3.8) is 0 Å². The largest absolute Gasteiger partial charge is 0.426 e. The number of hydrogen-bond donors (Lipinski definition) is 0. The lowest BCUT2D eigenvalue weighted by atomic mass is 10.5. The van der Waals surface area contributed by atoms with Crippen LogP contribution in [0.15, 0.2) is 12.3 Å². The Morgan fingerprint density at radius 3 is 3.00 bits per heavy atom. The first kappa shape index (κ1) is 6.21. The van der Waals surface area contributed by atoms with Crippen molar-refractivity contribution in [3.8, 4) is 0 Å². The zero-order valence-electron chi connectivity index (χ0n) is 3.89. The molecule has 0 aliphatic rings. The molecule has 2 nitrogen and oxygen atoms in total. The second-order valence-electron chi connectivity index (χ2n) is 0.862. The van der Waals surface area contributed by atoms with E-state index in [2.05, 4.69) is 11.7 Å². The fourth-order valence-corrected chi connectivity index (χ4v) is 0.144. The highest BCUT2D eigenvalue weighted by Crippen LogP contribution is 1.76. The van der Waals surface area contributed by atoms with Crippen LogP contribution >= 0.6 is 0 Å². The summed E-state index contributed by atoms with van der Waals surface area (Å²) in [4.78, 5) is 9.26.